The number of benzene rings is 2. The molecule has 1 aromatic heterocycles. The van der Waals surface area contributed by atoms with Gasteiger partial charge in [-0.05, 0) is 59.1 Å². The Kier molecular flexibility index (Phi) is 4.14. The predicted octanol–water partition coefficient (Wildman–Crippen LogP) is 5.45. The van der Waals surface area contributed by atoms with Crippen molar-refractivity contribution in [3.63, 3.8) is 0 Å². The summed E-state index contributed by atoms with van der Waals surface area (Å²) in [5.74, 6) is -0.0384. The maximum Gasteiger partial charge on any atom is 0.335 e. The van der Waals surface area contributed by atoms with Crippen LogP contribution in [0.3, 0.4) is 0 Å². The second-order valence-electron chi connectivity index (χ2n) is 8.83. The molecule has 0 saturated heterocycles. The first kappa shape index (κ1) is 18.4. The van der Waals surface area contributed by atoms with Gasteiger partial charge in [-0.2, -0.15) is 4.98 Å². The highest BCUT2D eigenvalue weighted by molar-refractivity contribution is 5.88. The first-order valence-corrected chi connectivity index (χ1v) is 9.50. The van der Waals surface area contributed by atoms with Crippen molar-refractivity contribution in [3.05, 3.63) is 59.2 Å². The molecule has 0 radical (unpaired) electrons. The van der Waals surface area contributed by atoms with Crippen LogP contribution in [0.25, 0.3) is 22.8 Å². The third kappa shape index (κ3) is 3.11. The third-order valence-corrected chi connectivity index (χ3v) is 5.92. The summed E-state index contributed by atoms with van der Waals surface area (Å²) in [5.41, 5.74) is 4.85. The molecule has 28 heavy (non-hydrogen) atoms. The smallest absolute Gasteiger partial charge is 0.335 e. The Bertz CT molecular complexity index is 1050. The van der Waals surface area contributed by atoms with Gasteiger partial charge in [-0.1, -0.05) is 51.1 Å². The van der Waals surface area contributed by atoms with E-state index in [9.17, 15) is 4.79 Å². The summed E-state index contributed by atoms with van der Waals surface area (Å²) in [6.07, 6.45) is 2.31. The van der Waals surface area contributed by atoms with Gasteiger partial charge < -0.3 is 9.63 Å². The highest BCUT2D eigenvalue weighted by atomic mass is 16.5. The molecule has 1 aliphatic carbocycles. The van der Waals surface area contributed by atoms with Gasteiger partial charge in [0.1, 0.15) is 0 Å². The number of fused-ring (bicyclic) bond motifs is 1. The molecule has 0 saturated carbocycles. The summed E-state index contributed by atoms with van der Waals surface area (Å²) < 4.78 is 5.52. The van der Waals surface area contributed by atoms with E-state index in [1.165, 1.54) is 29.7 Å². The summed E-state index contributed by atoms with van der Waals surface area (Å²) in [4.78, 5) is 15.5. The Labute approximate surface area is 164 Å². The van der Waals surface area contributed by atoms with Crippen LogP contribution in [0.2, 0.25) is 0 Å². The number of carboxylic acid groups (broad SMARTS) is 1. The molecule has 0 spiro atoms. The van der Waals surface area contributed by atoms with Crippen molar-refractivity contribution in [2.45, 2.75) is 51.4 Å². The molecule has 5 heteroatoms. The maximum atomic E-state index is 11.0. The van der Waals surface area contributed by atoms with Crippen molar-refractivity contribution in [1.29, 1.82) is 0 Å². The van der Waals surface area contributed by atoms with E-state index >= 15 is 0 Å². The zero-order chi connectivity index (χ0) is 20.1. The van der Waals surface area contributed by atoms with E-state index in [0.717, 1.165) is 17.5 Å². The molecule has 2 aromatic carbocycles. The molecule has 0 bridgehead atoms. The van der Waals surface area contributed by atoms with Gasteiger partial charge in [-0.15, -0.1) is 0 Å². The molecule has 5 nitrogen and oxygen atoms in total. The minimum absolute atomic E-state index is 0.108. The molecule has 3 aromatic rings. The van der Waals surface area contributed by atoms with Crippen LogP contribution in [-0.2, 0) is 10.8 Å². The van der Waals surface area contributed by atoms with E-state index in [2.05, 4.69) is 50.0 Å². The lowest BCUT2D eigenvalue weighted by Crippen LogP contribution is -2.33. The van der Waals surface area contributed by atoms with Gasteiger partial charge in [0.2, 0.25) is 5.82 Å². The number of carboxylic acids is 1. The van der Waals surface area contributed by atoms with Gasteiger partial charge in [-0.25, -0.2) is 4.79 Å². The SMILES string of the molecule is CC1(C)CCC(C)(C)c2cc(-c3nc(-c4ccc(C(=O)O)cc4)no3)ccc21. The van der Waals surface area contributed by atoms with Gasteiger partial charge in [0.25, 0.3) is 5.89 Å². The minimum atomic E-state index is -0.958. The van der Waals surface area contributed by atoms with Crippen LogP contribution in [0.15, 0.2) is 47.0 Å². The van der Waals surface area contributed by atoms with Crippen LogP contribution >= 0.6 is 0 Å². The highest BCUT2D eigenvalue weighted by Crippen LogP contribution is 2.46. The van der Waals surface area contributed by atoms with Gasteiger partial charge in [-0.3, -0.25) is 0 Å². The zero-order valence-electron chi connectivity index (χ0n) is 16.6. The largest absolute Gasteiger partial charge is 0.478 e. The average molecular weight is 376 g/mol. The summed E-state index contributed by atoms with van der Waals surface area (Å²) in [6.45, 7) is 9.17. The van der Waals surface area contributed by atoms with Crippen molar-refractivity contribution in [2.24, 2.45) is 0 Å². The van der Waals surface area contributed by atoms with Crippen LogP contribution in [0.4, 0.5) is 0 Å². The first-order valence-electron chi connectivity index (χ1n) is 9.50. The Morgan fingerprint density at radius 3 is 2.18 bits per heavy atom. The van der Waals surface area contributed by atoms with Crippen LogP contribution in [0, 0.1) is 0 Å². The van der Waals surface area contributed by atoms with Gasteiger partial charge >= 0.3 is 5.97 Å². The highest BCUT2D eigenvalue weighted by Gasteiger charge is 2.37. The summed E-state index contributed by atoms with van der Waals surface area (Å²) in [7, 11) is 0. The van der Waals surface area contributed by atoms with E-state index in [0.29, 0.717) is 11.7 Å². The van der Waals surface area contributed by atoms with Gasteiger partial charge in [0, 0.05) is 11.1 Å². The molecule has 1 aliphatic rings. The summed E-state index contributed by atoms with van der Waals surface area (Å²) in [5, 5.41) is 13.1. The molecule has 0 unspecified atom stereocenters. The fourth-order valence-corrected chi connectivity index (χ4v) is 3.94. The number of aromatic carboxylic acids is 1. The second-order valence-corrected chi connectivity index (χ2v) is 8.83. The van der Waals surface area contributed by atoms with E-state index in [1.54, 1.807) is 12.1 Å². The van der Waals surface area contributed by atoms with Crippen molar-refractivity contribution in [2.75, 3.05) is 0 Å². The lowest BCUT2D eigenvalue weighted by Gasteiger charge is -2.41. The van der Waals surface area contributed by atoms with E-state index in [1.807, 2.05) is 6.07 Å². The number of hydrogen-bond donors (Lipinski definition) is 1. The van der Waals surface area contributed by atoms with E-state index < -0.39 is 5.97 Å². The molecule has 4 rings (SSSR count). The van der Waals surface area contributed by atoms with Crippen molar-refractivity contribution < 1.29 is 14.4 Å². The van der Waals surface area contributed by atoms with E-state index in [4.69, 9.17) is 9.63 Å². The standard InChI is InChI=1S/C23H24N2O3/c1-22(2)11-12-23(3,4)18-13-16(9-10-17(18)22)20-24-19(25-28-20)14-5-7-15(8-6-14)21(26)27/h5-10,13H,11-12H2,1-4H3,(H,26,27). The number of aromatic nitrogens is 2. The molecular weight excluding hydrogens is 352 g/mol. The number of nitrogens with zero attached hydrogens (tertiary/aromatic N) is 2. The Morgan fingerprint density at radius 1 is 0.929 bits per heavy atom. The molecule has 0 aliphatic heterocycles. The molecule has 0 atom stereocenters. The average Bonchev–Trinajstić information content (AvgIpc) is 3.15. The topological polar surface area (TPSA) is 76.2 Å². The molecule has 1 N–H and O–H groups in total. The lowest BCUT2D eigenvalue weighted by molar-refractivity contribution is 0.0697. The Balaban J connectivity index is 1.71. The van der Waals surface area contributed by atoms with Gasteiger partial charge in [0.15, 0.2) is 0 Å². The molecular formula is C23H24N2O3. The van der Waals surface area contributed by atoms with Crippen molar-refractivity contribution in [3.8, 4) is 22.8 Å². The predicted molar refractivity (Wildman–Crippen MR) is 107 cm³/mol. The quantitative estimate of drug-likeness (QED) is 0.658. The first-order chi connectivity index (χ1) is 13.2. The second kappa shape index (κ2) is 6.30. The van der Waals surface area contributed by atoms with Crippen molar-refractivity contribution >= 4 is 5.97 Å². The summed E-state index contributed by atoms with van der Waals surface area (Å²) >= 11 is 0. The Morgan fingerprint density at radius 2 is 1.54 bits per heavy atom. The Hall–Kier alpha value is -2.95. The van der Waals surface area contributed by atoms with E-state index in [-0.39, 0.29) is 16.4 Å². The summed E-state index contributed by atoms with van der Waals surface area (Å²) in [6, 6.07) is 12.9. The van der Waals surface area contributed by atoms with Crippen molar-refractivity contribution in [1.82, 2.24) is 10.1 Å². The van der Waals surface area contributed by atoms with Crippen LogP contribution in [0.1, 0.15) is 62.0 Å². The molecule has 0 amide bonds. The van der Waals surface area contributed by atoms with Gasteiger partial charge in [0.05, 0.1) is 5.56 Å². The number of hydrogen-bond acceptors (Lipinski definition) is 4. The van der Waals surface area contributed by atoms with Crippen LogP contribution in [-0.4, -0.2) is 21.2 Å². The normalized spacial score (nSPS) is 17.1. The molecule has 0 fully saturated rings. The molecule has 1 heterocycles. The third-order valence-electron chi connectivity index (χ3n) is 5.92. The minimum Gasteiger partial charge on any atom is -0.478 e. The zero-order valence-corrected chi connectivity index (χ0v) is 16.6. The van der Waals surface area contributed by atoms with Crippen LogP contribution in [0.5, 0.6) is 0 Å². The fraction of sp³-hybridized carbons (Fsp3) is 0.348. The lowest BCUT2D eigenvalue weighted by atomic mass is 9.63. The number of rotatable bonds is 3. The maximum absolute atomic E-state index is 11.0. The van der Waals surface area contributed by atoms with Crippen LogP contribution < -0.4 is 0 Å². The fourth-order valence-electron chi connectivity index (χ4n) is 3.94. The number of carbonyl (C=O) groups is 1. The monoisotopic (exact) mass is 376 g/mol. The molecule has 144 valence electrons.